The van der Waals surface area contributed by atoms with E-state index in [1.807, 2.05) is 0 Å². The van der Waals surface area contributed by atoms with Crippen molar-refractivity contribution in [3.63, 3.8) is 0 Å². The Morgan fingerprint density at radius 2 is 2.12 bits per heavy atom. The van der Waals surface area contributed by atoms with Crippen molar-refractivity contribution in [1.82, 2.24) is 10.1 Å². The van der Waals surface area contributed by atoms with Gasteiger partial charge in [-0.2, -0.15) is 4.98 Å². The monoisotopic (exact) mass is 237 g/mol. The van der Waals surface area contributed by atoms with E-state index < -0.39 is 0 Å². The maximum Gasteiger partial charge on any atom is 0.213 e. The number of rotatable bonds is 3. The van der Waals surface area contributed by atoms with Crippen LogP contribution in [0.15, 0.2) is 10.9 Å². The standard InChI is InChI=1S/C13H23N3O/c1-4-12(2,3)10-5-7-13(14,8-6-10)11-15-9-17-16-11/h9-10H,4-8,14H2,1-3H3. The summed E-state index contributed by atoms with van der Waals surface area (Å²) in [6.45, 7) is 6.98. The van der Waals surface area contributed by atoms with Crippen molar-refractivity contribution in [2.45, 2.75) is 58.4 Å². The van der Waals surface area contributed by atoms with Crippen LogP contribution in [0.4, 0.5) is 0 Å². The SMILES string of the molecule is CCC(C)(C)C1CCC(N)(c2ncon2)CC1. The van der Waals surface area contributed by atoms with Gasteiger partial charge in [-0.3, -0.25) is 0 Å². The molecular formula is C13H23N3O. The quantitative estimate of drug-likeness (QED) is 0.878. The van der Waals surface area contributed by atoms with Crippen LogP contribution in [0.3, 0.4) is 0 Å². The second-order valence-corrected chi connectivity index (χ2v) is 6.03. The van der Waals surface area contributed by atoms with Crippen molar-refractivity contribution >= 4 is 0 Å². The van der Waals surface area contributed by atoms with E-state index in [1.54, 1.807) is 0 Å². The van der Waals surface area contributed by atoms with E-state index in [2.05, 4.69) is 30.9 Å². The van der Waals surface area contributed by atoms with Gasteiger partial charge in [-0.15, -0.1) is 0 Å². The first-order valence-corrected chi connectivity index (χ1v) is 6.54. The minimum absolute atomic E-state index is 0.368. The lowest BCUT2D eigenvalue weighted by Gasteiger charge is -2.41. The van der Waals surface area contributed by atoms with Crippen molar-refractivity contribution < 1.29 is 4.52 Å². The fourth-order valence-corrected chi connectivity index (χ4v) is 2.82. The summed E-state index contributed by atoms with van der Waals surface area (Å²) in [7, 11) is 0. The lowest BCUT2D eigenvalue weighted by molar-refractivity contribution is 0.110. The van der Waals surface area contributed by atoms with Gasteiger partial charge >= 0.3 is 0 Å². The molecule has 0 atom stereocenters. The molecule has 0 amide bonds. The fourth-order valence-electron chi connectivity index (χ4n) is 2.82. The molecule has 0 aromatic carbocycles. The summed E-state index contributed by atoms with van der Waals surface area (Å²) in [4.78, 5) is 4.12. The first-order chi connectivity index (χ1) is 7.98. The molecule has 1 heterocycles. The van der Waals surface area contributed by atoms with Crippen LogP contribution in [0.2, 0.25) is 0 Å². The third-order valence-electron chi connectivity index (χ3n) is 4.70. The van der Waals surface area contributed by atoms with Gasteiger partial charge < -0.3 is 10.3 Å². The molecule has 0 aliphatic heterocycles. The highest BCUT2D eigenvalue weighted by molar-refractivity contribution is 5.05. The summed E-state index contributed by atoms with van der Waals surface area (Å²) in [5.41, 5.74) is 6.43. The molecule has 0 radical (unpaired) electrons. The average Bonchev–Trinajstić information content (AvgIpc) is 2.84. The summed E-state index contributed by atoms with van der Waals surface area (Å²) >= 11 is 0. The van der Waals surface area contributed by atoms with Gasteiger partial charge in [-0.25, -0.2) is 0 Å². The van der Waals surface area contributed by atoms with Crippen LogP contribution in [0, 0.1) is 11.3 Å². The fraction of sp³-hybridized carbons (Fsp3) is 0.846. The molecule has 2 rings (SSSR count). The van der Waals surface area contributed by atoms with Crippen molar-refractivity contribution in [3.05, 3.63) is 12.2 Å². The van der Waals surface area contributed by atoms with E-state index in [1.165, 1.54) is 12.8 Å². The Bertz CT molecular complexity index is 351. The van der Waals surface area contributed by atoms with E-state index in [4.69, 9.17) is 10.3 Å². The molecule has 0 spiro atoms. The second-order valence-electron chi connectivity index (χ2n) is 6.03. The lowest BCUT2D eigenvalue weighted by atomic mass is 9.65. The largest absolute Gasteiger partial charge is 0.343 e. The predicted molar refractivity (Wildman–Crippen MR) is 66.2 cm³/mol. The topological polar surface area (TPSA) is 64.9 Å². The summed E-state index contributed by atoms with van der Waals surface area (Å²) in [5.74, 6) is 1.43. The average molecular weight is 237 g/mol. The smallest absolute Gasteiger partial charge is 0.213 e. The van der Waals surface area contributed by atoms with Gasteiger partial charge in [0.15, 0.2) is 5.82 Å². The van der Waals surface area contributed by atoms with Gasteiger partial charge in [-0.05, 0) is 37.0 Å². The van der Waals surface area contributed by atoms with Gasteiger partial charge in [-0.1, -0.05) is 32.3 Å². The van der Waals surface area contributed by atoms with Crippen molar-refractivity contribution in [1.29, 1.82) is 0 Å². The molecule has 1 aliphatic rings. The Labute approximate surface area is 103 Å². The minimum atomic E-state index is -0.368. The molecule has 0 unspecified atom stereocenters. The molecule has 1 aliphatic carbocycles. The number of nitrogens with two attached hydrogens (primary N) is 1. The van der Waals surface area contributed by atoms with Crippen molar-refractivity contribution in [3.8, 4) is 0 Å². The molecule has 1 fully saturated rings. The molecule has 1 aromatic rings. The van der Waals surface area contributed by atoms with Crippen LogP contribution in [0.1, 0.15) is 58.7 Å². The third kappa shape index (κ3) is 2.37. The van der Waals surface area contributed by atoms with Crippen LogP contribution < -0.4 is 5.73 Å². The number of hydrogen-bond acceptors (Lipinski definition) is 4. The first kappa shape index (κ1) is 12.6. The van der Waals surface area contributed by atoms with Crippen molar-refractivity contribution in [2.24, 2.45) is 17.1 Å². The summed E-state index contributed by atoms with van der Waals surface area (Å²) in [6, 6.07) is 0. The van der Waals surface area contributed by atoms with Gasteiger partial charge in [0.2, 0.25) is 6.39 Å². The highest BCUT2D eigenvalue weighted by Crippen LogP contribution is 2.44. The Hall–Kier alpha value is -0.900. The van der Waals surface area contributed by atoms with Gasteiger partial charge in [0, 0.05) is 0 Å². The summed E-state index contributed by atoms with van der Waals surface area (Å²) in [6.07, 6.45) is 6.82. The van der Waals surface area contributed by atoms with Gasteiger partial charge in [0.1, 0.15) is 0 Å². The Morgan fingerprint density at radius 1 is 1.47 bits per heavy atom. The van der Waals surface area contributed by atoms with E-state index in [0.717, 1.165) is 31.6 Å². The van der Waals surface area contributed by atoms with Crippen molar-refractivity contribution in [2.75, 3.05) is 0 Å². The van der Waals surface area contributed by atoms with Crippen LogP contribution >= 0.6 is 0 Å². The molecular weight excluding hydrogens is 214 g/mol. The van der Waals surface area contributed by atoms with E-state index in [0.29, 0.717) is 11.2 Å². The molecule has 2 N–H and O–H groups in total. The summed E-state index contributed by atoms with van der Waals surface area (Å²) in [5, 5.41) is 3.91. The zero-order valence-electron chi connectivity index (χ0n) is 11.1. The predicted octanol–water partition coefficient (Wildman–Crippen LogP) is 2.85. The number of aromatic nitrogens is 2. The highest BCUT2D eigenvalue weighted by Gasteiger charge is 2.40. The molecule has 4 nitrogen and oxygen atoms in total. The van der Waals surface area contributed by atoms with E-state index >= 15 is 0 Å². The Morgan fingerprint density at radius 3 is 2.59 bits per heavy atom. The Kier molecular flexibility index (Phi) is 3.25. The molecule has 4 heteroatoms. The third-order valence-corrected chi connectivity index (χ3v) is 4.70. The van der Waals surface area contributed by atoms with Gasteiger partial charge in [0.05, 0.1) is 5.54 Å². The number of hydrogen-bond donors (Lipinski definition) is 1. The van der Waals surface area contributed by atoms with Crippen LogP contribution in [0.25, 0.3) is 0 Å². The zero-order valence-corrected chi connectivity index (χ0v) is 11.1. The van der Waals surface area contributed by atoms with Crippen LogP contribution in [-0.2, 0) is 5.54 Å². The molecule has 1 aromatic heterocycles. The normalized spacial score (nSPS) is 30.5. The molecule has 0 saturated heterocycles. The van der Waals surface area contributed by atoms with Crippen LogP contribution in [0.5, 0.6) is 0 Å². The number of nitrogens with zero attached hydrogens (tertiary/aromatic N) is 2. The maximum absolute atomic E-state index is 6.39. The van der Waals surface area contributed by atoms with E-state index in [9.17, 15) is 0 Å². The second kappa shape index (κ2) is 4.41. The Balaban J connectivity index is 2.03. The maximum atomic E-state index is 6.39. The van der Waals surface area contributed by atoms with Crippen LogP contribution in [-0.4, -0.2) is 10.1 Å². The molecule has 0 bridgehead atoms. The highest BCUT2D eigenvalue weighted by atomic mass is 16.5. The minimum Gasteiger partial charge on any atom is -0.343 e. The van der Waals surface area contributed by atoms with E-state index in [-0.39, 0.29) is 5.54 Å². The van der Waals surface area contributed by atoms with Gasteiger partial charge in [0.25, 0.3) is 0 Å². The molecule has 17 heavy (non-hydrogen) atoms. The summed E-state index contributed by atoms with van der Waals surface area (Å²) < 4.78 is 4.81. The molecule has 96 valence electrons. The first-order valence-electron chi connectivity index (χ1n) is 6.54. The lowest BCUT2D eigenvalue weighted by Crippen LogP contribution is -2.43. The zero-order chi connectivity index (χ0) is 12.5. The molecule has 1 saturated carbocycles.